The summed E-state index contributed by atoms with van der Waals surface area (Å²) in [5.41, 5.74) is -0.272. The Balaban J connectivity index is 3.41. The Bertz CT molecular complexity index is 506. The van der Waals surface area contributed by atoms with E-state index in [1.165, 1.54) is 7.11 Å². The molecule has 0 heterocycles. The van der Waals surface area contributed by atoms with E-state index >= 15 is 0 Å². The number of rotatable bonds is 6. The Labute approximate surface area is 110 Å². The maximum atomic E-state index is 11.9. The number of hydrogen-bond acceptors (Lipinski definition) is 5. The zero-order valence-corrected chi connectivity index (χ0v) is 10.8. The van der Waals surface area contributed by atoms with Crippen LogP contribution in [-0.4, -0.2) is 34.2 Å². The van der Waals surface area contributed by atoms with Crippen molar-refractivity contribution >= 4 is 11.8 Å². The van der Waals surface area contributed by atoms with Gasteiger partial charge in [-0.2, -0.15) is 0 Å². The summed E-state index contributed by atoms with van der Waals surface area (Å²) >= 11 is 0. The number of phenolic OH excluding ortho intramolecular Hbond substituents is 2. The fourth-order valence-corrected chi connectivity index (χ4v) is 1.78. The second-order valence-corrected chi connectivity index (χ2v) is 4.04. The van der Waals surface area contributed by atoms with Crippen LogP contribution in [0.3, 0.4) is 0 Å². The van der Waals surface area contributed by atoms with Gasteiger partial charge in [0, 0.05) is 18.1 Å². The van der Waals surface area contributed by atoms with E-state index in [2.05, 4.69) is 0 Å². The second kappa shape index (κ2) is 6.08. The van der Waals surface area contributed by atoms with Gasteiger partial charge in [0.25, 0.3) is 0 Å². The second-order valence-electron chi connectivity index (χ2n) is 4.04. The highest BCUT2D eigenvalue weighted by atomic mass is 16.5. The number of aliphatic carboxylic acids is 1. The summed E-state index contributed by atoms with van der Waals surface area (Å²) in [7, 11) is 1.30. The van der Waals surface area contributed by atoms with Gasteiger partial charge in [0.1, 0.15) is 22.8 Å². The summed E-state index contributed by atoms with van der Waals surface area (Å²) in [6.07, 6.45) is 0.200. The summed E-state index contributed by atoms with van der Waals surface area (Å²) in [6, 6.07) is 1.14. The molecule has 0 spiro atoms. The third kappa shape index (κ3) is 3.15. The lowest BCUT2D eigenvalue weighted by Crippen LogP contribution is -2.07. The maximum Gasteiger partial charge on any atom is 0.308 e. The van der Waals surface area contributed by atoms with E-state index in [1.807, 2.05) is 0 Å². The number of benzene rings is 1. The molecule has 0 saturated heterocycles. The monoisotopic (exact) mass is 268 g/mol. The number of ether oxygens (including phenoxy) is 1. The molecule has 104 valence electrons. The van der Waals surface area contributed by atoms with Crippen molar-refractivity contribution in [1.29, 1.82) is 0 Å². The van der Waals surface area contributed by atoms with Crippen LogP contribution in [0.5, 0.6) is 17.2 Å². The number of hydrogen-bond donors (Lipinski definition) is 3. The molecule has 0 amide bonds. The first kappa shape index (κ1) is 14.8. The topological polar surface area (TPSA) is 104 Å². The van der Waals surface area contributed by atoms with Crippen LogP contribution in [0.25, 0.3) is 0 Å². The lowest BCUT2D eigenvalue weighted by atomic mass is 9.98. The number of carbonyl (C=O) groups is 2. The molecule has 0 atom stereocenters. The average Bonchev–Trinajstić information content (AvgIpc) is 2.33. The van der Waals surface area contributed by atoms with Crippen LogP contribution in [0.2, 0.25) is 0 Å². The zero-order valence-electron chi connectivity index (χ0n) is 10.8. The molecule has 0 radical (unpaired) electrons. The van der Waals surface area contributed by atoms with Gasteiger partial charge in [-0.05, 0) is 6.42 Å². The molecule has 1 aromatic rings. The van der Waals surface area contributed by atoms with E-state index in [0.29, 0.717) is 6.42 Å². The quantitative estimate of drug-likeness (QED) is 0.678. The molecule has 1 rings (SSSR count). The number of carboxylic acids is 1. The van der Waals surface area contributed by atoms with Gasteiger partial charge in [-0.1, -0.05) is 6.92 Å². The summed E-state index contributed by atoms with van der Waals surface area (Å²) in [5.74, 6) is -2.49. The molecule has 0 fully saturated rings. The minimum Gasteiger partial charge on any atom is -0.507 e. The third-order valence-electron chi connectivity index (χ3n) is 2.65. The fraction of sp³-hybridized carbons (Fsp3) is 0.385. The van der Waals surface area contributed by atoms with Crippen LogP contribution < -0.4 is 4.74 Å². The van der Waals surface area contributed by atoms with Gasteiger partial charge < -0.3 is 20.1 Å². The van der Waals surface area contributed by atoms with E-state index < -0.39 is 23.9 Å². The summed E-state index contributed by atoms with van der Waals surface area (Å²) in [4.78, 5) is 22.6. The highest BCUT2D eigenvalue weighted by Gasteiger charge is 2.24. The normalized spacial score (nSPS) is 10.2. The molecule has 0 unspecified atom stereocenters. The van der Waals surface area contributed by atoms with Crippen molar-refractivity contribution in [3.8, 4) is 17.2 Å². The number of Topliss-reactive ketones (excluding diaryl/α,β-unsaturated/α-hetero) is 1. The van der Waals surface area contributed by atoms with Gasteiger partial charge in [0.2, 0.25) is 0 Å². The molecule has 6 heteroatoms. The van der Waals surface area contributed by atoms with Gasteiger partial charge in [-0.3, -0.25) is 9.59 Å². The van der Waals surface area contributed by atoms with Crippen molar-refractivity contribution in [2.75, 3.05) is 7.11 Å². The number of aromatic hydroxyl groups is 2. The Hall–Kier alpha value is -2.24. The maximum absolute atomic E-state index is 11.9. The number of ketones is 1. The van der Waals surface area contributed by atoms with Crippen LogP contribution in [0.15, 0.2) is 6.07 Å². The predicted molar refractivity (Wildman–Crippen MR) is 66.9 cm³/mol. The van der Waals surface area contributed by atoms with Gasteiger partial charge in [-0.15, -0.1) is 0 Å². The Morgan fingerprint density at radius 3 is 2.42 bits per heavy atom. The highest BCUT2D eigenvalue weighted by molar-refractivity contribution is 6.02. The van der Waals surface area contributed by atoms with E-state index in [9.17, 15) is 19.8 Å². The fourth-order valence-electron chi connectivity index (χ4n) is 1.78. The van der Waals surface area contributed by atoms with Crippen LogP contribution in [0.1, 0.15) is 35.7 Å². The predicted octanol–water partition coefficient (Wildman–Crippen LogP) is 1.72. The molecule has 6 nitrogen and oxygen atoms in total. The molecular weight excluding hydrogens is 252 g/mol. The van der Waals surface area contributed by atoms with E-state index in [-0.39, 0.29) is 29.1 Å². The molecule has 1 aromatic carbocycles. The Kier molecular flexibility index (Phi) is 4.74. The van der Waals surface area contributed by atoms with Crippen molar-refractivity contribution in [1.82, 2.24) is 0 Å². The standard InChI is InChI=1S/C13H16O6/c1-3-4-8(14)12-10(19-2)6-9(15)7(13(12)18)5-11(16)17/h6,15,18H,3-5H2,1-2H3,(H,16,17). The Morgan fingerprint density at radius 1 is 1.32 bits per heavy atom. The van der Waals surface area contributed by atoms with Crippen LogP contribution in [-0.2, 0) is 11.2 Å². The van der Waals surface area contributed by atoms with Crippen LogP contribution >= 0.6 is 0 Å². The lowest BCUT2D eigenvalue weighted by molar-refractivity contribution is -0.136. The Morgan fingerprint density at radius 2 is 1.95 bits per heavy atom. The van der Waals surface area contributed by atoms with Crippen molar-refractivity contribution in [2.45, 2.75) is 26.2 Å². The summed E-state index contributed by atoms with van der Waals surface area (Å²) in [5, 5.41) is 28.4. The molecule has 0 aliphatic heterocycles. The van der Waals surface area contributed by atoms with Crippen molar-refractivity contribution < 1.29 is 29.6 Å². The van der Waals surface area contributed by atoms with E-state index in [1.54, 1.807) is 6.92 Å². The largest absolute Gasteiger partial charge is 0.507 e. The molecule has 0 saturated carbocycles. The first-order chi connectivity index (χ1) is 8.92. The molecule has 0 aliphatic rings. The SMILES string of the molecule is CCCC(=O)c1c(OC)cc(O)c(CC(=O)O)c1O. The zero-order chi connectivity index (χ0) is 14.6. The first-order valence-corrected chi connectivity index (χ1v) is 5.79. The summed E-state index contributed by atoms with van der Waals surface area (Å²) in [6.45, 7) is 1.81. The van der Waals surface area contributed by atoms with E-state index in [4.69, 9.17) is 9.84 Å². The van der Waals surface area contributed by atoms with Crippen molar-refractivity contribution in [2.24, 2.45) is 0 Å². The van der Waals surface area contributed by atoms with Crippen molar-refractivity contribution in [3.63, 3.8) is 0 Å². The van der Waals surface area contributed by atoms with Gasteiger partial charge in [-0.25, -0.2) is 0 Å². The smallest absolute Gasteiger partial charge is 0.308 e. The molecule has 0 aliphatic carbocycles. The van der Waals surface area contributed by atoms with Gasteiger partial charge >= 0.3 is 5.97 Å². The lowest BCUT2D eigenvalue weighted by Gasteiger charge is -2.14. The third-order valence-corrected chi connectivity index (χ3v) is 2.65. The first-order valence-electron chi connectivity index (χ1n) is 5.79. The molecule has 0 aromatic heterocycles. The summed E-state index contributed by atoms with van der Waals surface area (Å²) < 4.78 is 4.95. The minimum absolute atomic E-state index is 0.0302. The molecule has 0 bridgehead atoms. The number of methoxy groups -OCH3 is 1. The van der Waals surface area contributed by atoms with Gasteiger partial charge in [0.05, 0.1) is 13.5 Å². The minimum atomic E-state index is -1.22. The van der Waals surface area contributed by atoms with Gasteiger partial charge in [0.15, 0.2) is 5.78 Å². The number of phenols is 2. The van der Waals surface area contributed by atoms with Crippen LogP contribution in [0, 0.1) is 0 Å². The van der Waals surface area contributed by atoms with Crippen molar-refractivity contribution in [3.05, 3.63) is 17.2 Å². The highest BCUT2D eigenvalue weighted by Crippen LogP contribution is 2.39. The molecule has 19 heavy (non-hydrogen) atoms. The number of carbonyl (C=O) groups excluding carboxylic acids is 1. The number of carboxylic acid groups (broad SMARTS) is 1. The van der Waals surface area contributed by atoms with Crippen LogP contribution in [0.4, 0.5) is 0 Å². The average molecular weight is 268 g/mol. The molecule has 3 N–H and O–H groups in total. The van der Waals surface area contributed by atoms with E-state index in [0.717, 1.165) is 6.07 Å². The molecular formula is C13H16O6.